The summed E-state index contributed by atoms with van der Waals surface area (Å²) in [5.74, 6) is 0.634. The predicted molar refractivity (Wildman–Crippen MR) is 98.6 cm³/mol. The van der Waals surface area contributed by atoms with E-state index in [1.54, 1.807) is 7.11 Å². The molecule has 1 saturated carbocycles. The Morgan fingerprint density at radius 3 is 2.93 bits per heavy atom. The molecular weight excluding hydrogens is 346 g/mol. The van der Waals surface area contributed by atoms with Crippen molar-refractivity contribution in [3.05, 3.63) is 44.9 Å². The van der Waals surface area contributed by atoms with Gasteiger partial charge in [-0.3, -0.25) is 14.3 Å². The van der Waals surface area contributed by atoms with Crippen LogP contribution < -0.4 is 10.9 Å². The first kappa shape index (κ1) is 17.9. The number of hydrogen-bond acceptors (Lipinski definition) is 5. The molecule has 2 aliphatic carbocycles. The van der Waals surface area contributed by atoms with Crippen LogP contribution in [0.2, 0.25) is 0 Å². The molecule has 1 amide bonds. The van der Waals surface area contributed by atoms with Crippen molar-refractivity contribution in [1.82, 2.24) is 25.1 Å². The summed E-state index contributed by atoms with van der Waals surface area (Å²) < 4.78 is 6.89. The molecule has 0 bridgehead atoms. The lowest BCUT2D eigenvalue weighted by molar-refractivity contribution is 0.0901. The molecule has 144 valence electrons. The highest BCUT2D eigenvalue weighted by Crippen LogP contribution is 2.35. The largest absolute Gasteiger partial charge is 0.377 e. The molecule has 2 aliphatic rings. The van der Waals surface area contributed by atoms with E-state index in [1.807, 2.05) is 11.7 Å². The van der Waals surface area contributed by atoms with Crippen LogP contribution in [0.5, 0.6) is 0 Å². The number of hydrogen-bond donors (Lipinski definition) is 2. The van der Waals surface area contributed by atoms with Gasteiger partial charge < -0.3 is 15.0 Å². The van der Waals surface area contributed by atoms with Gasteiger partial charge in [-0.2, -0.15) is 5.10 Å². The van der Waals surface area contributed by atoms with E-state index in [0.29, 0.717) is 11.5 Å². The molecule has 0 unspecified atom stereocenters. The molecule has 0 saturated heterocycles. The van der Waals surface area contributed by atoms with E-state index < -0.39 is 0 Å². The number of nitrogens with one attached hydrogen (secondary N) is 2. The second-order valence-corrected chi connectivity index (χ2v) is 7.49. The minimum atomic E-state index is -0.167. The van der Waals surface area contributed by atoms with Crippen molar-refractivity contribution < 1.29 is 9.53 Å². The number of ether oxygens (including phenoxy) is 1. The third kappa shape index (κ3) is 3.53. The summed E-state index contributed by atoms with van der Waals surface area (Å²) in [6.45, 7) is 0.279. The average molecular weight is 371 g/mol. The lowest BCUT2D eigenvalue weighted by Crippen LogP contribution is -2.44. The van der Waals surface area contributed by atoms with Crippen molar-refractivity contribution in [1.29, 1.82) is 0 Å². The third-order valence-corrected chi connectivity index (χ3v) is 5.56. The molecule has 2 N–H and O–H groups in total. The topological polar surface area (TPSA) is 102 Å². The number of H-pyrrole nitrogens is 1. The van der Waals surface area contributed by atoms with Gasteiger partial charge in [-0.25, -0.2) is 4.98 Å². The highest BCUT2D eigenvalue weighted by Gasteiger charge is 2.34. The van der Waals surface area contributed by atoms with Gasteiger partial charge in [-0.05, 0) is 38.5 Å². The summed E-state index contributed by atoms with van der Waals surface area (Å²) in [4.78, 5) is 31.6. The maximum atomic E-state index is 12.7. The van der Waals surface area contributed by atoms with Crippen molar-refractivity contribution in [2.24, 2.45) is 7.05 Å². The average Bonchev–Trinajstić information content (AvgIpc) is 2.95. The van der Waals surface area contributed by atoms with Gasteiger partial charge in [-0.1, -0.05) is 0 Å². The quantitative estimate of drug-likeness (QED) is 0.822. The molecule has 8 nitrogen and oxygen atoms in total. The molecule has 8 heteroatoms. The molecule has 2 heterocycles. The Balaban J connectivity index is 1.40. The fourth-order valence-electron chi connectivity index (χ4n) is 4.13. The van der Waals surface area contributed by atoms with E-state index in [-0.39, 0.29) is 30.0 Å². The lowest BCUT2D eigenvalue weighted by Gasteiger charge is -2.35. The van der Waals surface area contributed by atoms with Crippen LogP contribution in [0.25, 0.3) is 0 Å². The van der Waals surface area contributed by atoms with Crippen LogP contribution in [-0.4, -0.2) is 38.8 Å². The Labute approximate surface area is 157 Å². The molecule has 0 aromatic carbocycles. The maximum absolute atomic E-state index is 12.7. The van der Waals surface area contributed by atoms with Crippen molar-refractivity contribution >= 4 is 5.91 Å². The van der Waals surface area contributed by atoms with Crippen LogP contribution in [0.15, 0.2) is 10.9 Å². The van der Waals surface area contributed by atoms with Crippen LogP contribution in [0, 0.1) is 0 Å². The monoisotopic (exact) mass is 371 g/mol. The van der Waals surface area contributed by atoms with Crippen molar-refractivity contribution in [2.75, 3.05) is 7.11 Å². The van der Waals surface area contributed by atoms with E-state index in [2.05, 4.69) is 20.4 Å². The molecular formula is C19H25N5O3. The van der Waals surface area contributed by atoms with E-state index in [9.17, 15) is 9.59 Å². The smallest absolute Gasteiger partial charge is 0.272 e. The van der Waals surface area contributed by atoms with Crippen molar-refractivity contribution in [3.8, 4) is 0 Å². The fourth-order valence-corrected chi connectivity index (χ4v) is 4.13. The minimum Gasteiger partial charge on any atom is -0.377 e. The number of amides is 1. The standard InChI is InChI=1S/C19H25N5O3/c1-24-15-6-4-3-5-13(15)18(23-24)19(26)20-12-7-11(8-12)14-9-17(25)22-16(21-14)10-27-2/h9,11-12H,3-8,10H2,1-2H3,(H,20,26)(H,21,22,25). The first-order chi connectivity index (χ1) is 13.0. The zero-order valence-corrected chi connectivity index (χ0v) is 15.7. The number of aromatic amines is 1. The summed E-state index contributed by atoms with van der Waals surface area (Å²) in [5.41, 5.74) is 3.48. The summed E-state index contributed by atoms with van der Waals surface area (Å²) in [6.07, 6.45) is 5.76. The van der Waals surface area contributed by atoms with Crippen LogP contribution in [0.3, 0.4) is 0 Å². The number of carbonyl (C=O) groups is 1. The van der Waals surface area contributed by atoms with Crippen LogP contribution in [-0.2, 0) is 31.2 Å². The summed E-state index contributed by atoms with van der Waals surface area (Å²) in [5, 5.41) is 7.55. The maximum Gasteiger partial charge on any atom is 0.272 e. The molecule has 0 atom stereocenters. The Morgan fingerprint density at radius 2 is 2.15 bits per heavy atom. The number of aryl methyl sites for hydroxylation is 1. The normalized spacial score (nSPS) is 21.4. The first-order valence-electron chi connectivity index (χ1n) is 9.50. The van der Waals surface area contributed by atoms with Gasteiger partial charge >= 0.3 is 0 Å². The predicted octanol–water partition coefficient (Wildman–Crippen LogP) is 1.20. The number of carbonyl (C=O) groups excluding carboxylic acids is 1. The van der Waals surface area contributed by atoms with Gasteiger partial charge in [0.2, 0.25) is 0 Å². The zero-order valence-electron chi connectivity index (χ0n) is 15.7. The first-order valence-corrected chi connectivity index (χ1v) is 9.50. The second kappa shape index (κ2) is 7.26. The SMILES string of the molecule is COCc1nc(C2CC(NC(=O)c3nn(C)c4c3CCCC4)C2)cc(=O)[nH]1. The Kier molecular flexibility index (Phi) is 4.82. The van der Waals surface area contributed by atoms with Crippen molar-refractivity contribution in [2.45, 2.75) is 57.1 Å². The Bertz CT molecular complexity index is 911. The molecule has 0 aliphatic heterocycles. The fraction of sp³-hybridized carbons (Fsp3) is 0.579. The van der Waals surface area contributed by atoms with E-state index >= 15 is 0 Å². The third-order valence-electron chi connectivity index (χ3n) is 5.56. The minimum absolute atomic E-state index is 0.0869. The van der Waals surface area contributed by atoms with E-state index in [1.165, 1.54) is 11.8 Å². The molecule has 2 aromatic heterocycles. The van der Waals surface area contributed by atoms with Gasteiger partial charge in [0.05, 0.1) is 5.69 Å². The van der Waals surface area contributed by atoms with Gasteiger partial charge in [0.25, 0.3) is 11.5 Å². The molecule has 0 radical (unpaired) electrons. The highest BCUT2D eigenvalue weighted by molar-refractivity contribution is 5.94. The second-order valence-electron chi connectivity index (χ2n) is 7.49. The number of rotatable bonds is 5. The lowest BCUT2D eigenvalue weighted by atomic mass is 9.78. The van der Waals surface area contributed by atoms with Crippen molar-refractivity contribution in [3.63, 3.8) is 0 Å². The van der Waals surface area contributed by atoms with E-state index in [4.69, 9.17) is 4.74 Å². The number of methoxy groups -OCH3 is 1. The Morgan fingerprint density at radius 1 is 1.37 bits per heavy atom. The van der Waals surface area contributed by atoms with Crippen LogP contribution >= 0.6 is 0 Å². The Hall–Kier alpha value is -2.48. The number of fused-ring (bicyclic) bond motifs is 1. The van der Waals surface area contributed by atoms with Crippen LogP contribution in [0.4, 0.5) is 0 Å². The van der Waals surface area contributed by atoms with Gasteiger partial charge in [-0.15, -0.1) is 0 Å². The summed E-state index contributed by atoms with van der Waals surface area (Å²) in [7, 11) is 3.48. The molecule has 0 spiro atoms. The van der Waals surface area contributed by atoms with Gasteiger partial charge in [0, 0.05) is 43.4 Å². The molecule has 1 fully saturated rings. The van der Waals surface area contributed by atoms with Crippen LogP contribution in [0.1, 0.15) is 64.9 Å². The highest BCUT2D eigenvalue weighted by atomic mass is 16.5. The number of nitrogens with zero attached hydrogens (tertiary/aromatic N) is 3. The molecule has 2 aromatic rings. The number of aromatic nitrogens is 4. The van der Waals surface area contributed by atoms with E-state index in [0.717, 1.165) is 49.8 Å². The van der Waals surface area contributed by atoms with Gasteiger partial charge in [0.1, 0.15) is 12.4 Å². The molecule has 4 rings (SSSR count). The zero-order chi connectivity index (χ0) is 19.0. The summed E-state index contributed by atoms with van der Waals surface area (Å²) >= 11 is 0. The molecule has 27 heavy (non-hydrogen) atoms. The van der Waals surface area contributed by atoms with Gasteiger partial charge in [0.15, 0.2) is 5.69 Å². The summed E-state index contributed by atoms with van der Waals surface area (Å²) in [6, 6.07) is 1.63.